The first kappa shape index (κ1) is 11.3. The Morgan fingerprint density at radius 1 is 1.18 bits per heavy atom. The highest BCUT2D eigenvalue weighted by Gasteiger charge is 2.05. The quantitative estimate of drug-likeness (QED) is 0.607. The number of hydrogen-bond donors (Lipinski definition) is 0. The Morgan fingerprint density at radius 2 is 1.94 bits per heavy atom. The topological polar surface area (TPSA) is 40.9 Å². The maximum Gasteiger partial charge on any atom is 0.195 e. The molecule has 0 N–H and O–H groups in total. The zero-order valence-electron chi connectivity index (χ0n) is 8.96. The number of nitrogens with zero attached hydrogens (tertiary/aromatic N) is 1. The fourth-order valence-electron chi connectivity index (χ4n) is 1.35. The number of carbonyl (C=O) groups is 1. The van der Waals surface area contributed by atoms with Gasteiger partial charge in [0.25, 0.3) is 0 Å². The van der Waals surface area contributed by atoms with E-state index in [2.05, 4.69) is 0 Å². The molecular weight excluding hydrogens is 230 g/mol. The third-order valence-corrected chi connectivity index (χ3v) is 3.19. The van der Waals surface area contributed by atoms with E-state index in [1.54, 1.807) is 18.2 Å². The third-order valence-electron chi connectivity index (χ3n) is 2.19. The van der Waals surface area contributed by atoms with Crippen LogP contribution in [-0.4, -0.2) is 5.78 Å². The van der Waals surface area contributed by atoms with E-state index in [-0.39, 0.29) is 5.78 Å². The molecule has 82 valence electrons. The molecule has 0 aliphatic rings. The average molecular weight is 239 g/mol. The minimum absolute atomic E-state index is 0.0691. The molecule has 0 aliphatic carbocycles. The van der Waals surface area contributed by atoms with Gasteiger partial charge in [0.1, 0.15) is 10.9 Å². The van der Waals surface area contributed by atoms with Crippen molar-refractivity contribution < 1.29 is 4.79 Å². The summed E-state index contributed by atoms with van der Waals surface area (Å²) in [5.41, 5.74) is 0.984. The molecule has 0 spiro atoms. The van der Waals surface area contributed by atoms with E-state index < -0.39 is 0 Å². The summed E-state index contributed by atoms with van der Waals surface area (Å²) in [5.74, 6) is -0.0691. The molecule has 1 aromatic heterocycles. The number of carbonyl (C=O) groups excluding carboxylic acids is 1. The van der Waals surface area contributed by atoms with Crippen molar-refractivity contribution in [1.29, 1.82) is 5.26 Å². The third kappa shape index (κ3) is 2.90. The Labute approximate surface area is 103 Å². The molecule has 3 heteroatoms. The summed E-state index contributed by atoms with van der Waals surface area (Å²) in [5, 5.41) is 8.67. The van der Waals surface area contributed by atoms with Crippen LogP contribution in [-0.2, 0) is 0 Å². The molecule has 2 aromatic rings. The standard InChI is InChI=1S/C14H9NOS/c15-10-12-7-9-14(17-12)13(16)8-6-11-4-2-1-3-5-11/h1-9H. The summed E-state index contributed by atoms with van der Waals surface area (Å²) in [7, 11) is 0. The summed E-state index contributed by atoms with van der Waals surface area (Å²) in [6.45, 7) is 0. The van der Waals surface area contributed by atoms with Gasteiger partial charge in [0.05, 0.1) is 4.88 Å². The van der Waals surface area contributed by atoms with E-state index in [0.29, 0.717) is 9.75 Å². The van der Waals surface area contributed by atoms with E-state index in [1.165, 1.54) is 17.4 Å². The fraction of sp³-hybridized carbons (Fsp3) is 0. The molecule has 2 nitrogen and oxygen atoms in total. The number of ketones is 1. The fourth-order valence-corrected chi connectivity index (χ4v) is 2.07. The van der Waals surface area contributed by atoms with Gasteiger partial charge in [-0.1, -0.05) is 36.4 Å². The lowest BCUT2D eigenvalue weighted by atomic mass is 10.2. The molecule has 0 amide bonds. The molecule has 0 fully saturated rings. The van der Waals surface area contributed by atoms with Gasteiger partial charge in [-0.25, -0.2) is 0 Å². The van der Waals surface area contributed by atoms with Crippen LogP contribution in [0.15, 0.2) is 48.5 Å². The summed E-state index contributed by atoms with van der Waals surface area (Å²) in [4.78, 5) is 12.9. The molecule has 1 heterocycles. The van der Waals surface area contributed by atoms with Gasteiger partial charge in [0, 0.05) is 0 Å². The van der Waals surface area contributed by atoms with Crippen molar-refractivity contribution in [3.63, 3.8) is 0 Å². The molecule has 0 bridgehead atoms. The van der Waals surface area contributed by atoms with E-state index in [0.717, 1.165) is 5.56 Å². The maximum atomic E-state index is 11.8. The summed E-state index contributed by atoms with van der Waals surface area (Å²) in [6.07, 6.45) is 3.30. The lowest BCUT2D eigenvalue weighted by molar-refractivity contribution is 0.105. The highest BCUT2D eigenvalue weighted by Crippen LogP contribution is 2.16. The van der Waals surface area contributed by atoms with Gasteiger partial charge in [0.15, 0.2) is 5.78 Å². The average Bonchev–Trinajstić information content (AvgIpc) is 2.86. The van der Waals surface area contributed by atoms with Crippen molar-refractivity contribution in [2.75, 3.05) is 0 Å². The monoisotopic (exact) mass is 239 g/mol. The highest BCUT2D eigenvalue weighted by molar-refractivity contribution is 7.14. The zero-order valence-corrected chi connectivity index (χ0v) is 9.78. The smallest absolute Gasteiger partial charge is 0.195 e. The SMILES string of the molecule is N#Cc1ccc(C(=O)C=Cc2ccccc2)s1. The van der Waals surface area contributed by atoms with Crippen LogP contribution in [0.4, 0.5) is 0 Å². The lowest BCUT2D eigenvalue weighted by Crippen LogP contribution is -1.88. The molecule has 1 aromatic carbocycles. The van der Waals surface area contributed by atoms with Crippen LogP contribution in [0.25, 0.3) is 6.08 Å². The van der Waals surface area contributed by atoms with Crippen LogP contribution in [0, 0.1) is 11.3 Å². The minimum atomic E-state index is -0.0691. The number of allylic oxidation sites excluding steroid dienone is 1. The predicted molar refractivity (Wildman–Crippen MR) is 68.8 cm³/mol. The zero-order chi connectivity index (χ0) is 12.1. The van der Waals surface area contributed by atoms with Gasteiger partial charge >= 0.3 is 0 Å². The van der Waals surface area contributed by atoms with Crippen molar-refractivity contribution in [2.24, 2.45) is 0 Å². The van der Waals surface area contributed by atoms with Crippen LogP contribution < -0.4 is 0 Å². The maximum absolute atomic E-state index is 11.8. The van der Waals surface area contributed by atoms with E-state index in [9.17, 15) is 4.79 Å². The second-order valence-electron chi connectivity index (χ2n) is 3.38. The van der Waals surface area contributed by atoms with Gasteiger partial charge in [0.2, 0.25) is 0 Å². The van der Waals surface area contributed by atoms with Crippen molar-refractivity contribution >= 4 is 23.2 Å². The first-order valence-corrected chi connectivity index (χ1v) is 5.88. The number of hydrogen-bond acceptors (Lipinski definition) is 3. The normalized spacial score (nSPS) is 10.3. The van der Waals surface area contributed by atoms with Crippen molar-refractivity contribution in [3.05, 3.63) is 63.9 Å². The van der Waals surface area contributed by atoms with Crippen molar-refractivity contribution in [1.82, 2.24) is 0 Å². The van der Waals surface area contributed by atoms with Gasteiger partial charge in [-0.15, -0.1) is 11.3 Å². The van der Waals surface area contributed by atoms with E-state index in [4.69, 9.17) is 5.26 Å². The van der Waals surface area contributed by atoms with E-state index in [1.807, 2.05) is 36.4 Å². The summed E-state index contributed by atoms with van der Waals surface area (Å²) < 4.78 is 0. The molecule has 0 saturated heterocycles. The first-order chi connectivity index (χ1) is 8.29. The largest absolute Gasteiger partial charge is 0.288 e. The van der Waals surface area contributed by atoms with E-state index >= 15 is 0 Å². The Hall–Kier alpha value is -2.18. The Kier molecular flexibility index (Phi) is 3.49. The molecular formula is C14H9NOS. The number of benzene rings is 1. The molecule has 0 radical (unpaired) electrons. The van der Waals surface area contributed by atoms with Crippen LogP contribution in [0.1, 0.15) is 20.1 Å². The number of thiophene rings is 1. The van der Waals surface area contributed by atoms with Gasteiger partial charge in [-0.2, -0.15) is 5.26 Å². The lowest BCUT2D eigenvalue weighted by Gasteiger charge is -1.91. The molecule has 2 rings (SSSR count). The molecule has 0 aliphatic heterocycles. The Morgan fingerprint density at radius 3 is 2.59 bits per heavy atom. The van der Waals surface area contributed by atoms with Gasteiger partial charge < -0.3 is 0 Å². The van der Waals surface area contributed by atoms with Crippen LogP contribution in [0.2, 0.25) is 0 Å². The Balaban J connectivity index is 2.12. The second-order valence-corrected chi connectivity index (χ2v) is 4.47. The predicted octanol–water partition coefficient (Wildman–Crippen LogP) is 3.52. The minimum Gasteiger partial charge on any atom is -0.288 e. The first-order valence-electron chi connectivity index (χ1n) is 5.07. The van der Waals surface area contributed by atoms with Gasteiger partial charge in [-0.05, 0) is 23.8 Å². The summed E-state index contributed by atoms with van der Waals surface area (Å²) >= 11 is 1.21. The molecule has 0 unspecified atom stereocenters. The summed E-state index contributed by atoms with van der Waals surface area (Å²) in [6, 6.07) is 15.0. The second kappa shape index (κ2) is 5.24. The highest BCUT2D eigenvalue weighted by atomic mass is 32.1. The van der Waals surface area contributed by atoms with Crippen LogP contribution in [0.5, 0.6) is 0 Å². The van der Waals surface area contributed by atoms with Crippen molar-refractivity contribution in [2.45, 2.75) is 0 Å². The number of rotatable bonds is 3. The van der Waals surface area contributed by atoms with Gasteiger partial charge in [-0.3, -0.25) is 4.79 Å². The van der Waals surface area contributed by atoms with Crippen LogP contribution in [0.3, 0.4) is 0 Å². The molecule has 0 saturated carbocycles. The molecule has 17 heavy (non-hydrogen) atoms. The van der Waals surface area contributed by atoms with Crippen LogP contribution >= 0.6 is 11.3 Å². The molecule has 0 atom stereocenters. The Bertz CT molecular complexity index is 590. The van der Waals surface area contributed by atoms with Crippen molar-refractivity contribution in [3.8, 4) is 6.07 Å². The number of nitriles is 1.